The van der Waals surface area contributed by atoms with Crippen molar-refractivity contribution in [2.24, 2.45) is 11.8 Å². The predicted octanol–water partition coefficient (Wildman–Crippen LogP) is 2.23. The van der Waals surface area contributed by atoms with E-state index in [2.05, 4.69) is 19.9 Å². The number of fused-ring (bicyclic) bond motifs is 1. The Labute approximate surface area is 230 Å². The van der Waals surface area contributed by atoms with E-state index in [1.807, 2.05) is 0 Å². The lowest BCUT2D eigenvalue weighted by Gasteiger charge is -2.38. The minimum Gasteiger partial charge on any atom is -0.387 e. The number of piperidine rings is 1. The molecule has 0 amide bonds. The van der Waals surface area contributed by atoms with Crippen LogP contribution < -0.4 is 4.90 Å². The van der Waals surface area contributed by atoms with Crippen LogP contribution in [0.4, 0.5) is 5.82 Å². The number of aliphatic hydroxyl groups is 2. The molecule has 0 spiro atoms. The molecule has 3 fully saturated rings. The van der Waals surface area contributed by atoms with Crippen molar-refractivity contribution < 1.29 is 43.3 Å². The number of rotatable bonds is 8. The van der Waals surface area contributed by atoms with Crippen LogP contribution in [0.25, 0.3) is 11.2 Å². The molecule has 1 aliphatic carbocycles. The van der Waals surface area contributed by atoms with Gasteiger partial charge in [-0.1, -0.05) is 32.1 Å². The Morgan fingerprint density at radius 2 is 1.67 bits per heavy atom. The van der Waals surface area contributed by atoms with Gasteiger partial charge in [0.2, 0.25) is 5.28 Å². The average molecular weight is 610 g/mol. The molecule has 0 aromatic carbocycles. The molecule has 218 valence electrons. The summed E-state index contributed by atoms with van der Waals surface area (Å²) in [5.41, 5.74) is 0.744. The molecule has 5 atom stereocenters. The highest BCUT2D eigenvalue weighted by atomic mass is 35.5. The Kier molecular flexibility index (Phi) is 8.72. The molecular formula is C22H34ClN5O9P2. The van der Waals surface area contributed by atoms with Crippen LogP contribution in [0, 0.1) is 11.8 Å². The summed E-state index contributed by atoms with van der Waals surface area (Å²) in [6, 6.07) is 0. The number of nitrogens with zero attached hydrogens (tertiary/aromatic N) is 5. The lowest BCUT2D eigenvalue weighted by molar-refractivity contribution is -0.0483. The summed E-state index contributed by atoms with van der Waals surface area (Å²) in [4.78, 5) is 43.0. The van der Waals surface area contributed by atoms with Gasteiger partial charge < -0.3 is 39.1 Å². The van der Waals surface area contributed by atoms with Gasteiger partial charge in [-0.15, -0.1) is 0 Å². The van der Waals surface area contributed by atoms with Crippen molar-refractivity contribution in [1.82, 2.24) is 19.5 Å². The highest BCUT2D eigenvalue weighted by molar-refractivity contribution is 7.70. The SMILES string of the molecule is O=P(O)(O)CP(=O)(O)OC[C@H]1O[C@@H](n2cnc3c(N4CCC(C5CCCCC5)CC4)nc(Cl)nc32)C(O)C1O. The van der Waals surface area contributed by atoms with Crippen LogP contribution in [0.1, 0.15) is 51.2 Å². The maximum absolute atomic E-state index is 12.0. The minimum atomic E-state index is -4.82. The molecule has 1 saturated carbocycles. The number of hydrogen-bond acceptors (Lipinski definition) is 10. The number of aromatic nitrogens is 4. The molecule has 5 rings (SSSR count). The second-order valence-corrected chi connectivity index (χ2v) is 15.0. The third-order valence-corrected chi connectivity index (χ3v) is 11.6. The van der Waals surface area contributed by atoms with Gasteiger partial charge in [0.05, 0.1) is 12.9 Å². The van der Waals surface area contributed by atoms with Crippen LogP contribution in [0.2, 0.25) is 5.28 Å². The zero-order valence-corrected chi connectivity index (χ0v) is 23.7. The number of anilines is 1. The minimum absolute atomic E-state index is 0.0137. The van der Waals surface area contributed by atoms with E-state index in [0.29, 0.717) is 17.3 Å². The topological polar surface area (TPSA) is 201 Å². The number of aliphatic hydroxyl groups excluding tert-OH is 2. The second-order valence-electron chi connectivity index (χ2n) is 10.6. The summed E-state index contributed by atoms with van der Waals surface area (Å²) >= 11 is 6.29. The normalized spacial score (nSPS) is 29.2. The quantitative estimate of drug-likeness (QED) is 0.216. The molecule has 39 heavy (non-hydrogen) atoms. The van der Waals surface area contributed by atoms with Gasteiger partial charge >= 0.3 is 15.2 Å². The third-order valence-electron chi connectivity index (χ3n) is 7.95. The van der Waals surface area contributed by atoms with E-state index in [0.717, 1.165) is 31.8 Å². The van der Waals surface area contributed by atoms with E-state index in [1.54, 1.807) is 0 Å². The molecule has 3 aliphatic rings. The first-order chi connectivity index (χ1) is 18.4. The zero-order chi connectivity index (χ0) is 27.9. The molecule has 3 unspecified atom stereocenters. The lowest BCUT2D eigenvalue weighted by Crippen LogP contribution is -2.37. The molecule has 2 aromatic rings. The Hall–Kier alpha value is -1.18. The molecule has 2 aromatic heterocycles. The number of halogens is 1. The van der Waals surface area contributed by atoms with Gasteiger partial charge in [-0.2, -0.15) is 9.97 Å². The van der Waals surface area contributed by atoms with Crippen LogP contribution in [-0.4, -0.2) is 88.3 Å². The summed E-state index contributed by atoms with van der Waals surface area (Å²) in [6.07, 6.45) is 4.61. The maximum atomic E-state index is 12.0. The molecule has 0 bridgehead atoms. The van der Waals surface area contributed by atoms with Crippen LogP contribution in [-0.2, 0) is 18.4 Å². The first-order valence-electron chi connectivity index (χ1n) is 13.1. The molecule has 5 N–H and O–H groups in total. The summed E-state index contributed by atoms with van der Waals surface area (Å²) < 4.78 is 35.0. The Morgan fingerprint density at radius 1 is 1.00 bits per heavy atom. The maximum Gasteiger partial charge on any atom is 0.340 e. The fourth-order valence-electron chi connectivity index (χ4n) is 6.03. The van der Waals surface area contributed by atoms with Crippen molar-refractivity contribution in [2.75, 3.05) is 30.5 Å². The van der Waals surface area contributed by atoms with E-state index in [-0.39, 0.29) is 10.9 Å². The van der Waals surface area contributed by atoms with Crippen molar-refractivity contribution in [3.8, 4) is 0 Å². The van der Waals surface area contributed by atoms with Crippen molar-refractivity contribution in [3.05, 3.63) is 11.6 Å². The molecule has 2 aliphatic heterocycles. The number of imidazole rings is 1. The molecular weight excluding hydrogens is 576 g/mol. The largest absolute Gasteiger partial charge is 0.387 e. The zero-order valence-electron chi connectivity index (χ0n) is 21.2. The summed E-state index contributed by atoms with van der Waals surface area (Å²) in [6.45, 7) is 0.937. The number of hydrogen-bond donors (Lipinski definition) is 5. The Balaban J connectivity index is 1.30. The second kappa shape index (κ2) is 11.6. The van der Waals surface area contributed by atoms with Crippen LogP contribution in [0.15, 0.2) is 6.33 Å². The lowest BCUT2D eigenvalue weighted by atomic mass is 9.76. The van der Waals surface area contributed by atoms with Gasteiger partial charge in [-0.3, -0.25) is 13.7 Å². The summed E-state index contributed by atoms with van der Waals surface area (Å²) in [7, 11) is -9.49. The van der Waals surface area contributed by atoms with Crippen molar-refractivity contribution in [2.45, 2.75) is 69.5 Å². The molecule has 14 nitrogen and oxygen atoms in total. The van der Waals surface area contributed by atoms with Gasteiger partial charge in [0.25, 0.3) is 0 Å². The first kappa shape index (κ1) is 29.3. The highest BCUT2D eigenvalue weighted by Gasteiger charge is 2.46. The van der Waals surface area contributed by atoms with Gasteiger partial charge in [0.15, 0.2) is 29.1 Å². The van der Waals surface area contributed by atoms with E-state index >= 15 is 0 Å². The van der Waals surface area contributed by atoms with E-state index in [9.17, 15) is 24.2 Å². The van der Waals surface area contributed by atoms with E-state index < -0.39 is 52.2 Å². The van der Waals surface area contributed by atoms with Gasteiger partial charge in [-0.25, -0.2) is 4.98 Å². The Bertz CT molecular complexity index is 1260. The highest BCUT2D eigenvalue weighted by Crippen LogP contribution is 2.55. The summed E-state index contributed by atoms with van der Waals surface area (Å²) in [5, 5.41) is 21.2. The predicted molar refractivity (Wildman–Crippen MR) is 140 cm³/mol. The standard InChI is InChI=1S/C22H34ClN5O9P2/c23-22-25-19(27-8-6-14(7-9-27)13-4-2-1-3-5-13)16-20(26-22)28(11-24-16)21-18(30)17(29)15(37-21)10-36-39(34,35)12-38(31,32)33/h11,13-15,17-18,21,29-30H,1-10,12H2,(H,34,35)(H2,31,32,33)/t15-,17?,18?,21-/m1/s1. The fourth-order valence-corrected chi connectivity index (χ4v) is 8.76. The van der Waals surface area contributed by atoms with Crippen molar-refractivity contribution >= 4 is 43.8 Å². The Morgan fingerprint density at radius 3 is 2.33 bits per heavy atom. The van der Waals surface area contributed by atoms with Gasteiger partial charge in [0.1, 0.15) is 18.3 Å². The van der Waals surface area contributed by atoms with Gasteiger partial charge in [0, 0.05) is 13.1 Å². The number of ether oxygens (including phenoxy) is 1. The molecule has 4 heterocycles. The van der Waals surface area contributed by atoms with Crippen LogP contribution >= 0.6 is 26.8 Å². The van der Waals surface area contributed by atoms with Gasteiger partial charge in [-0.05, 0) is 36.3 Å². The smallest absolute Gasteiger partial charge is 0.340 e. The molecule has 2 saturated heterocycles. The molecule has 0 radical (unpaired) electrons. The molecule has 17 heteroatoms. The van der Waals surface area contributed by atoms with Crippen molar-refractivity contribution in [3.63, 3.8) is 0 Å². The fraction of sp³-hybridized carbons (Fsp3) is 0.773. The van der Waals surface area contributed by atoms with Crippen LogP contribution in [0.3, 0.4) is 0 Å². The van der Waals surface area contributed by atoms with Crippen molar-refractivity contribution in [1.29, 1.82) is 0 Å². The van der Waals surface area contributed by atoms with Crippen LogP contribution in [0.5, 0.6) is 0 Å². The summed E-state index contributed by atoms with van der Waals surface area (Å²) in [5.74, 6) is 0.690. The average Bonchev–Trinajstić information content (AvgIpc) is 3.42. The van der Waals surface area contributed by atoms with E-state index in [1.165, 1.54) is 43.0 Å². The monoisotopic (exact) mass is 609 g/mol. The third kappa shape index (κ3) is 6.67. The first-order valence-corrected chi connectivity index (χ1v) is 17.0. The van der Waals surface area contributed by atoms with E-state index in [4.69, 9.17) is 30.6 Å².